The second-order valence-electron chi connectivity index (χ2n) is 10.7. The Balaban J connectivity index is 0.00000353. The van der Waals surface area contributed by atoms with Crippen molar-refractivity contribution in [1.82, 2.24) is 9.88 Å². The van der Waals surface area contributed by atoms with Crippen molar-refractivity contribution >= 4 is 60.7 Å². The van der Waals surface area contributed by atoms with Crippen LogP contribution in [0.15, 0.2) is 65.6 Å². The van der Waals surface area contributed by atoms with E-state index in [-0.39, 0.29) is 23.2 Å². The number of aryl methyl sites for hydroxylation is 2. The Bertz CT molecular complexity index is 1690. The van der Waals surface area contributed by atoms with Crippen LogP contribution >= 0.6 is 23.7 Å². The van der Waals surface area contributed by atoms with Crippen molar-refractivity contribution in [2.45, 2.75) is 31.6 Å². The number of hydrogen-bond acceptors (Lipinski definition) is 7. The molecular formula is C31H35ClN4O4S2. The van der Waals surface area contributed by atoms with Gasteiger partial charge in [0.2, 0.25) is 0 Å². The zero-order chi connectivity index (χ0) is 28.6. The monoisotopic (exact) mass is 626 g/mol. The van der Waals surface area contributed by atoms with E-state index in [1.54, 1.807) is 29.2 Å². The van der Waals surface area contributed by atoms with Crippen molar-refractivity contribution in [3.63, 3.8) is 0 Å². The summed E-state index contributed by atoms with van der Waals surface area (Å²) in [6, 6.07) is 18.1. The zero-order valence-corrected chi connectivity index (χ0v) is 26.2. The van der Waals surface area contributed by atoms with Gasteiger partial charge in [-0.05, 0) is 79.8 Å². The van der Waals surface area contributed by atoms with Gasteiger partial charge in [-0.3, -0.25) is 18.9 Å². The van der Waals surface area contributed by atoms with E-state index in [0.29, 0.717) is 30.2 Å². The number of ether oxygens (including phenoxy) is 1. The molecule has 2 aliphatic rings. The Morgan fingerprint density at radius 1 is 1.02 bits per heavy atom. The average Bonchev–Trinajstić information content (AvgIpc) is 3.61. The number of fused-ring (bicyclic) bond motifs is 2. The van der Waals surface area contributed by atoms with Gasteiger partial charge in [-0.1, -0.05) is 35.6 Å². The molecule has 0 bridgehead atoms. The summed E-state index contributed by atoms with van der Waals surface area (Å²) in [6.45, 7) is 9.15. The minimum Gasteiger partial charge on any atom is -0.379 e. The molecule has 2 aliphatic heterocycles. The molecule has 4 aromatic rings. The number of rotatable bonds is 8. The average molecular weight is 627 g/mol. The Morgan fingerprint density at radius 2 is 1.76 bits per heavy atom. The number of benzene rings is 3. The molecule has 3 aromatic carbocycles. The van der Waals surface area contributed by atoms with E-state index in [9.17, 15) is 13.2 Å². The van der Waals surface area contributed by atoms with Gasteiger partial charge in [-0.15, -0.1) is 12.4 Å². The number of thiazole rings is 1. The van der Waals surface area contributed by atoms with Crippen LogP contribution in [0.4, 0.5) is 10.8 Å². The van der Waals surface area contributed by atoms with Crippen LogP contribution in [0.2, 0.25) is 0 Å². The van der Waals surface area contributed by atoms with Crippen molar-refractivity contribution in [3.05, 3.63) is 82.9 Å². The molecule has 6 rings (SSSR count). The molecule has 0 radical (unpaired) electrons. The highest BCUT2D eigenvalue weighted by atomic mass is 35.5. The molecule has 1 saturated heterocycles. The maximum absolute atomic E-state index is 13.9. The maximum atomic E-state index is 13.9. The van der Waals surface area contributed by atoms with Crippen molar-refractivity contribution in [3.8, 4) is 0 Å². The molecule has 1 amide bonds. The second kappa shape index (κ2) is 12.7. The van der Waals surface area contributed by atoms with E-state index >= 15 is 0 Å². The number of carbonyl (C=O) groups is 1. The van der Waals surface area contributed by atoms with Crippen molar-refractivity contribution in [2.24, 2.45) is 0 Å². The Labute approximate surface area is 257 Å². The first-order chi connectivity index (χ1) is 19.8. The number of anilines is 2. The third-order valence-electron chi connectivity index (χ3n) is 7.79. The SMILES string of the molecule is Cc1cc(C)c2nc(N(CCCN3CCOCC3)C(=O)c3ccc(S(=O)(=O)N4CCc5ccccc54)cc3)sc2c1.Cl. The summed E-state index contributed by atoms with van der Waals surface area (Å²) < 4.78 is 35.0. The van der Waals surface area contributed by atoms with Crippen LogP contribution in [0.25, 0.3) is 10.2 Å². The van der Waals surface area contributed by atoms with E-state index in [2.05, 4.69) is 24.0 Å². The predicted molar refractivity (Wildman–Crippen MR) is 171 cm³/mol. The van der Waals surface area contributed by atoms with Crippen LogP contribution in [0, 0.1) is 13.8 Å². The molecule has 8 nitrogen and oxygen atoms in total. The lowest BCUT2D eigenvalue weighted by Crippen LogP contribution is -2.39. The van der Waals surface area contributed by atoms with Gasteiger partial charge in [0.1, 0.15) is 0 Å². The highest BCUT2D eigenvalue weighted by Crippen LogP contribution is 2.34. The van der Waals surface area contributed by atoms with E-state index in [1.165, 1.54) is 15.6 Å². The van der Waals surface area contributed by atoms with Gasteiger partial charge in [0, 0.05) is 38.3 Å². The van der Waals surface area contributed by atoms with Crippen molar-refractivity contribution < 1.29 is 17.9 Å². The number of aromatic nitrogens is 1. The molecular weight excluding hydrogens is 592 g/mol. The molecule has 0 spiro atoms. The fourth-order valence-electron chi connectivity index (χ4n) is 5.65. The normalized spacial score (nSPS) is 15.4. The fourth-order valence-corrected chi connectivity index (χ4v) is 8.32. The number of morpholine rings is 1. The molecule has 11 heteroatoms. The standard InChI is InChI=1S/C31H34N4O4S2.ClH/c1-22-20-23(2)29-28(21-22)40-31(32-29)34(14-5-13-33-16-18-39-19-17-33)30(36)25-8-10-26(11-9-25)41(37,38)35-15-12-24-6-3-4-7-27(24)35;/h3-4,6-11,20-21H,5,12-19H2,1-2H3;1H. The summed E-state index contributed by atoms with van der Waals surface area (Å²) in [7, 11) is -3.74. The number of amides is 1. The molecule has 42 heavy (non-hydrogen) atoms. The summed E-state index contributed by atoms with van der Waals surface area (Å²) >= 11 is 1.52. The van der Waals surface area contributed by atoms with Gasteiger partial charge in [-0.2, -0.15) is 0 Å². The Kier molecular flexibility index (Phi) is 9.20. The lowest BCUT2D eigenvalue weighted by atomic mass is 10.1. The van der Waals surface area contributed by atoms with Gasteiger partial charge in [0.15, 0.2) is 5.13 Å². The quantitative estimate of drug-likeness (QED) is 0.259. The molecule has 3 heterocycles. The summed E-state index contributed by atoms with van der Waals surface area (Å²) in [5.74, 6) is -0.184. The minimum absolute atomic E-state index is 0. The lowest BCUT2D eigenvalue weighted by Gasteiger charge is -2.27. The molecule has 222 valence electrons. The number of nitrogens with zero attached hydrogens (tertiary/aromatic N) is 4. The van der Waals surface area contributed by atoms with Crippen molar-refractivity contribution in [1.29, 1.82) is 0 Å². The molecule has 1 aromatic heterocycles. The fraction of sp³-hybridized carbons (Fsp3) is 0.355. The van der Waals surface area contributed by atoms with Gasteiger partial charge in [0.05, 0.1) is 34.0 Å². The molecule has 0 atom stereocenters. The minimum atomic E-state index is -3.74. The number of halogens is 1. The molecule has 0 unspecified atom stereocenters. The van der Waals surface area contributed by atoms with E-state index in [4.69, 9.17) is 9.72 Å². The molecule has 1 fully saturated rings. The van der Waals surface area contributed by atoms with Crippen LogP contribution in [0.1, 0.15) is 33.5 Å². The summed E-state index contributed by atoms with van der Waals surface area (Å²) in [5.41, 5.74) is 5.34. The van der Waals surface area contributed by atoms with Gasteiger partial charge in [-0.25, -0.2) is 13.4 Å². The molecule has 0 N–H and O–H groups in total. The highest BCUT2D eigenvalue weighted by molar-refractivity contribution is 7.92. The number of sulfonamides is 1. The third kappa shape index (κ3) is 6.05. The van der Waals surface area contributed by atoms with Gasteiger partial charge >= 0.3 is 0 Å². The van der Waals surface area contributed by atoms with Crippen molar-refractivity contribution in [2.75, 3.05) is 55.1 Å². The first-order valence-corrected chi connectivity index (χ1v) is 16.3. The molecule has 0 saturated carbocycles. The maximum Gasteiger partial charge on any atom is 0.264 e. The van der Waals surface area contributed by atoms with E-state index in [1.807, 2.05) is 31.2 Å². The predicted octanol–water partition coefficient (Wildman–Crippen LogP) is 5.46. The van der Waals surface area contributed by atoms with Gasteiger partial charge in [0.25, 0.3) is 15.9 Å². The first-order valence-electron chi connectivity index (χ1n) is 14.0. The summed E-state index contributed by atoms with van der Waals surface area (Å²) in [5, 5.41) is 0.658. The third-order valence-corrected chi connectivity index (χ3v) is 10.6. The number of carbonyl (C=O) groups excluding carboxylic acids is 1. The van der Waals surface area contributed by atoms with Crippen LogP contribution in [0.5, 0.6) is 0 Å². The van der Waals surface area contributed by atoms with Crippen LogP contribution in [0.3, 0.4) is 0 Å². The summed E-state index contributed by atoms with van der Waals surface area (Å²) in [6.07, 6.45) is 1.48. The number of hydrogen-bond donors (Lipinski definition) is 0. The zero-order valence-electron chi connectivity index (χ0n) is 23.8. The van der Waals surface area contributed by atoms with E-state index < -0.39 is 10.0 Å². The largest absolute Gasteiger partial charge is 0.379 e. The molecule has 0 aliphatic carbocycles. The van der Waals surface area contributed by atoms with Crippen LogP contribution in [-0.2, 0) is 21.2 Å². The van der Waals surface area contributed by atoms with Crippen LogP contribution < -0.4 is 9.21 Å². The Hall–Kier alpha value is -3.02. The van der Waals surface area contributed by atoms with Gasteiger partial charge < -0.3 is 4.74 Å². The smallest absolute Gasteiger partial charge is 0.264 e. The number of para-hydroxylation sites is 1. The Morgan fingerprint density at radius 3 is 2.52 bits per heavy atom. The second-order valence-corrected chi connectivity index (χ2v) is 13.5. The van der Waals surface area contributed by atoms with Crippen LogP contribution in [-0.4, -0.2) is 70.1 Å². The topological polar surface area (TPSA) is 83.0 Å². The summed E-state index contributed by atoms with van der Waals surface area (Å²) in [4.78, 5) is 23.1. The highest BCUT2D eigenvalue weighted by Gasteiger charge is 2.31. The lowest BCUT2D eigenvalue weighted by molar-refractivity contribution is 0.0376. The first kappa shape index (κ1) is 30.4. The van der Waals surface area contributed by atoms with E-state index in [0.717, 1.165) is 71.9 Å².